The van der Waals surface area contributed by atoms with E-state index < -0.39 is 5.60 Å². The summed E-state index contributed by atoms with van der Waals surface area (Å²) in [4.78, 5) is 27.0. The van der Waals surface area contributed by atoms with Crippen molar-refractivity contribution in [1.29, 1.82) is 0 Å². The lowest BCUT2D eigenvalue weighted by Gasteiger charge is -2.38. The van der Waals surface area contributed by atoms with Crippen molar-refractivity contribution >= 4 is 17.9 Å². The number of nitrogens with zero attached hydrogens (tertiary/aromatic N) is 5. The molecule has 1 atom stereocenters. The highest BCUT2D eigenvalue weighted by molar-refractivity contribution is 5.70. The van der Waals surface area contributed by atoms with Crippen LogP contribution in [0.25, 0.3) is 0 Å². The molecule has 0 bridgehead atoms. The van der Waals surface area contributed by atoms with Crippen molar-refractivity contribution in [2.24, 2.45) is 0 Å². The van der Waals surface area contributed by atoms with E-state index in [0.717, 1.165) is 51.1 Å². The minimum absolute atomic E-state index is 0.200. The van der Waals surface area contributed by atoms with Crippen LogP contribution in [0, 0.1) is 0 Å². The zero-order chi connectivity index (χ0) is 17.4. The Bertz CT molecular complexity index is 649. The van der Waals surface area contributed by atoms with Crippen LogP contribution in [-0.2, 0) is 4.74 Å². The van der Waals surface area contributed by atoms with Crippen molar-refractivity contribution in [3.63, 3.8) is 0 Å². The maximum atomic E-state index is 11.8. The third kappa shape index (κ3) is 3.22. The van der Waals surface area contributed by atoms with Crippen LogP contribution in [0.5, 0.6) is 0 Å². The van der Waals surface area contributed by atoms with Crippen LogP contribution >= 0.6 is 0 Å². The van der Waals surface area contributed by atoms with Gasteiger partial charge in [0.2, 0.25) is 5.95 Å². The molecule has 0 aromatic carbocycles. The number of carbonyl (C=O) groups is 1. The lowest BCUT2D eigenvalue weighted by atomic mass is 9.93. The van der Waals surface area contributed by atoms with Gasteiger partial charge in [0.1, 0.15) is 11.4 Å². The van der Waals surface area contributed by atoms with Gasteiger partial charge in [-0.2, -0.15) is 4.98 Å². The third-order valence-electron chi connectivity index (χ3n) is 5.38. The fourth-order valence-corrected chi connectivity index (χ4v) is 4.04. The quantitative estimate of drug-likeness (QED) is 0.849. The molecule has 3 fully saturated rings. The first-order valence-electron chi connectivity index (χ1n) is 9.00. The number of hydrogen-bond acceptors (Lipinski definition) is 7. The Morgan fingerprint density at radius 1 is 1.24 bits per heavy atom. The van der Waals surface area contributed by atoms with Gasteiger partial charge in [-0.25, -0.2) is 9.78 Å². The predicted octanol–water partition coefficient (Wildman–Crippen LogP) is 0.859. The molecule has 8 nitrogen and oxygen atoms in total. The maximum absolute atomic E-state index is 11.8. The molecule has 3 saturated heterocycles. The highest BCUT2D eigenvalue weighted by Gasteiger charge is 2.47. The molecule has 4 heterocycles. The van der Waals surface area contributed by atoms with Gasteiger partial charge in [-0.3, -0.25) is 0 Å². The highest BCUT2D eigenvalue weighted by Crippen LogP contribution is 2.33. The first-order valence-corrected chi connectivity index (χ1v) is 9.00. The van der Waals surface area contributed by atoms with Gasteiger partial charge in [0.25, 0.3) is 0 Å². The standard InChI is InChI=1S/C17H25N5O3/c1-20-11-17(25-16(20)24)6-2-8-22(12-17)15-18-7-3-14(19-15)21-9-4-13(23)5-10-21/h3,7,13,23H,2,4-6,8-12H2,1H3. The second-order valence-corrected chi connectivity index (χ2v) is 7.37. The fraction of sp³-hybridized carbons (Fsp3) is 0.706. The number of aromatic nitrogens is 2. The van der Waals surface area contributed by atoms with Gasteiger partial charge in [-0.15, -0.1) is 0 Å². The van der Waals surface area contributed by atoms with Crippen LogP contribution in [0.3, 0.4) is 0 Å². The minimum Gasteiger partial charge on any atom is -0.439 e. The van der Waals surface area contributed by atoms with Crippen molar-refractivity contribution in [2.75, 3.05) is 49.6 Å². The van der Waals surface area contributed by atoms with E-state index >= 15 is 0 Å². The molecule has 1 N–H and O–H groups in total. The smallest absolute Gasteiger partial charge is 0.410 e. The van der Waals surface area contributed by atoms with Crippen molar-refractivity contribution in [1.82, 2.24) is 14.9 Å². The van der Waals surface area contributed by atoms with Crippen LogP contribution in [0.1, 0.15) is 25.7 Å². The van der Waals surface area contributed by atoms with Gasteiger partial charge in [0, 0.05) is 32.9 Å². The molecule has 3 aliphatic heterocycles. The second-order valence-electron chi connectivity index (χ2n) is 7.37. The molecule has 1 unspecified atom stereocenters. The second kappa shape index (κ2) is 6.33. The van der Waals surface area contributed by atoms with Crippen LogP contribution in [0.2, 0.25) is 0 Å². The summed E-state index contributed by atoms with van der Waals surface area (Å²) in [5.41, 5.74) is -0.446. The number of anilines is 2. The lowest BCUT2D eigenvalue weighted by Crippen LogP contribution is -2.51. The van der Waals surface area contributed by atoms with Gasteiger partial charge in [-0.05, 0) is 31.7 Å². The molecule has 0 radical (unpaired) electrons. The van der Waals surface area contributed by atoms with Crippen molar-refractivity contribution in [3.8, 4) is 0 Å². The number of aliphatic hydroxyl groups is 1. The Morgan fingerprint density at radius 2 is 2.04 bits per heavy atom. The number of piperidine rings is 2. The number of rotatable bonds is 2. The number of likely N-dealkylation sites (N-methyl/N-ethyl adjacent to an activating group) is 1. The average Bonchev–Trinajstić information content (AvgIpc) is 2.89. The van der Waals surface area contributed by atoms with E-state index in [1.807, 2.05) is 6.07 Å². The Balaban J connectivity index is 1.50. The number of aliphatic hydroxyl groups excluding tert-OH is 1. The monoisotopic (exact) mass is 347 g/mol. The van der Waals surface area contributed by atoms with Gasteiger partial charge in [0.15, 0.2) is 0 Å². The summed E-state index contributed by atoms with van der Waals surface area (Å²) in [6.07, 6.45) is 4.71. The van der Waals surface area contributed by atoms with E-state index in [0.29, 0.717) is 19.0 Å². The summed E-state index contributed by atoms with van der Waals surface area (Å²) in [7, 11) is 1.78. The van der Waals surface area contributed by atoms with E-state index in [9.17, 15) is 9.90 Å². The summed E-state index contributed by atoms with van der Waals surface area (Å²) < 4.78 is 5.66. The normalized spacial score (nSPS) is 27.9. The van der Waals surface area contributed by atoms with Crippen LogP contribution in [-0.4, -0.2) is 77.5 Å². The molecule has 136 valence electrons. The first-order chi connectivity index (χ1) is 12.0. The zero-order valence-electron chi connectivity index (χ0n) is 14.6. The zero-order valence-corrected chi connectivity index (χ0v) is 14.6. The lowest BCUT2D eigenvalue weighted by molar-refractivity contribution is 0.0443. The number of hydrogen-bond donors (Lipinski definition) is 1. The summed E-state index contributed by atoms with van der Waals surface area (Å²) in [5, 5.41) is 9.68. The van der Waals surface area contributed by atoms with E-state index in [1.54, 1.807) is 18.1 Å². The van der Waals surface area contributed by atoms with Crippen LogP contribution in [0.15, 0.2) is 12.3 Å². The van der Waals surface area contributed by atoms with Gasteiger partial charge < -0.3 is 24.5 Å². The van der Waals surface area contributed by atoms with E-state index in [2.05, 4.69) is 14.8 Å². The number of ether oxygens (including phenoxy) is 1. The van der Waals surface area contributed by atoms with Crippen LogP contribution < -0.4 is 9.80 Å². The maximum Gasteiger partial charge on any atom is 0.410 e. The molecular formula is C17H25N5O3. The van der Waals surface area contributed by atoms with E-state index in [4.69, 9.17) is 9.72 Å². The Kier molecular flexibility index (Phi) is 4.15. The van der Waals surface area contributed by atoms with Crippen molar-refractivity contribution in [2.45, 2.75) is 37.4 Å². The molecule has 8 heteroatoms. The Morgan fingerprint density at radius 3 is 2.76 bits per heavy atom. The van der Waals surface area contributed by atoms with Gasteiger partial charge >= 0.3 is 6.09 Å². The molecule has 1 aromatic heterocycles. The van der Waals surface area contributed by atoms with Crippen molar-refractivity contribution < 1.29 is 14.6 Å². The van der Waals surface area contributed by atoms with Gasteiger partial charge in [0.05, 0.1) is 19.2 Å². The molecular weight excluding hydrogens is 322 g/mol. The van der Waals surface area contributed by atoms with Crippen molar-refractivity contribution in [3.05, 3.63) is 12.3 Å². The largest absolute Gasteiger partial charge is 0.439 e. The molecule has 4 rings (SSSR count). The topological polar surface area (TPSA) is 82.0 Å². The molecule has 0 saturated carbocycles. The van der Waals surface area contributed by atoms with E-state index in [1.165, 1.54) is 0 Å². The molecule has 0 aliphatic carbocycles. The highest BCUT2D eigenvalue weighted by atomic mass is 16.6. The first kappa shape index (κ1) is 16.4. The van der Waals surface area contributed by atoms with Gasteiger partial charge in [-0.1, -0.05) is 0 Å². The minimum atomic E-state index is -0.446. The summed E-state index contributed by atoms with van der Waals surface area (Å²) >= 11 is 0. The number of carbonyl (C=O) groups excluding carboxylic acids is 1. The molecule has 1 aromatic rings. The summed E-state index contributed by atoms with van der Waals surface area (Å²) in [5.74, 6) is 1.59. The molecule has 25 heavy (non-hydrogen) atoms. The Labute approximate surface area is 147 Å². The third-order valence-corrected chi connectivity index (χ3v) is 5.38. The Hall–Kier alpha value is -2.09. The SMILES string of the molecule is CN1CC2(CCCN(c3nccc(N4CCC(O)CC4)n3)C2)OC1=O. The molecule has 1 amide bonds. The molecule has 1 spiro atoms. The average molecular weight is 347 g/mol. The van der Waals surface area contributed by atoms with E-state index in [-0.39, 0.29) is 12.2 Å². The summed E-state index contributed by atoms with van der Waals surface area (Å²) in [6.45, 7) is 3.73. The predicted molar refractivity (Wildman–Crippen MR) is 92.8 cm³/mol. The number of amides is 1. The van der Waals surface area contributed by atoms with Crippen LogP contribution in [0.4, 0.5) is 16.6 Å². The summed E-state index contributed by atoms with van der Waals surface area (Å²) in [6, 6.07) is 1.92. The molecule has 3 aliphatic rings. The fourth-order valence-electron chi connectivity index (χ4n) is 4.04.